The smallest absolute Gasteiger partial charge is 0.396 e. The molecule has 0 saturated heterocycles. The average molecular weight is 290 g/mol. The largest absolute Gasteiger partial charge is 0.522 e. The van der Waals surface area contributed by atoms with Crippen LogP contribution in [0.15, 0.2) is 12.4 Å². The first-order valence-corrected chi connectivity index (χ1v) is 6.14. The molecule has 1 rings (SSSR count). The molecule has 0 atom stereocenters. The Labute approximate surface area is 102 Å². The zero-order valence-corrected chi connectivity index (χ0v) is 10.2. The molecule has 2 N–H and O–H groups in total. The molecule has 1 heterocycles. The van der Waals surface area contributed by atoms with Crippen molar-refractivity contribution < 1.29 is 31.2 Å². The van der Waals surface area contributed by atoms with Crippen molar-refractivity contribution in [2.75, 3.05) is 6.61 Å². The minimum atomic E-state index is -5.84. The average Bonchev–Trinajstić information content (AvgIpc) is 2.59. The Morgan fingerprint density at radius 3 is 2.22 bits per heavy atom. The molecule has 0 aromatic carbocycles. The maximum atomic E-state index is 10.7. The molecule has 106 valence electrons. The Morgan fingerprint density at radius 2 is 1.94 bits per heavy atom. The molecule has 0 spiro atoms. The van der Waals surface area contributed by atoms with E-state index < -0.39 is 15.6 Å². The third-order valence-electron chi connectivity index (χ3n) is 1.77. The van der Waals surface area contributed by atoms with E-state index in [1.165, 1.54) is 0 Å². The number of alkyl halides is 3. The molecule has 0 fully saturated rings. The van der Waals surface area contributed by atoms with Crippen molar-refractivity contribution in [1.29, 1.82) is 0 Å². The number of hydrogen-bond acceptors (Lipinski definition) is 4. The summed E-state index contributed by atoms with van der Waals surface area (Å²) in [6.07, 6.45) is 5.34. The van der Waals surface area contributed by atoms with Crippen molar-refractivity contribution in [3.05, 3.63) is 18.2 Å². The summed E-state index contributed by atoms with van der Waals surface area (Å²) in [6.45, 7) is 0.243. The van der Waals surface area contributed by atoms with Crippen LogP contribution < -0.4 is 0 Å². The topological polar surface area (TPSA) is 92.4 Å². The van der Waals surface area contributed by atoms with Gasteiger partial charge in [0.05, 0.1) is 0 Å². The standard InChI is InChI=1S/C7H12N2O.CHF3O3S/c1-9-5-4-8-7(9)3-2-6-10;2-1(3,4)8(5,6)7/h4-5,10H,2-3,6H2,1H3;(H,5,6,7). The molecule has 0 unspecified atom stereocenters. The third-order valence-corrected chi connectivity index (χ3v) is 2.36. The normalized spacial score (nSPS) is 11.9. The highest BCUT2D eigenvalue weighted by molar-refractivity contribution is 7.86. The van der Waals surface area contributed by atoms with E-state index in [9.17, 15) is 13.2 Å². The lowest BCUT2D eigenvalue weighted by Crippen LogP contribution is -2.21. The molecule has 0 radical (unpaired) electrons. The van der Waals surface area contributed by atoms with Crippen LogP contribution in [0.2, 0.25) is 0 Å². The molecule has 1 aromatic heterocycles. The van der Waals surface area contributed by atoms with Gasteiger partial charge in [-0.1, -0.05) is 0 Å². The number of aliphatic hydroxyl groups is 1. The Hall–Kier alpha value is -1.13. The number of rotatable bonds is 3. The maximum absolute atomic E-state index is 10.7. The molecule has 0 bridgehead atoms. The van der Waals surface area contributed by atoms with Gasteiger partial charge in [-0.15, -0.1) is 0 Å². The molecule has 0 aliphatic carbocycles. The summed E-state index contributed by atoms with van der Waals surface area (Å²) in [4.78, 5) is 4.11. The van der Waals surface area contributed by atoms with Crippen molar-refractivity contribution in [2.45, 2.75) is 18.3 Å². The van der Waals surface area contributed by atoms with Gasteiger partial charge in [0.2, 0.25) is 0 Å². The van der Waals surface area contributed by atoms with Crippen LogP contribution in [0.25, 0.3) is 0 Å². The molecule has 10 heteroatoms. The molecule has 6 nitrogen and oxygen atoms in total. The zero-order chi connectivity index (χ0) is 14.4. The van der Waals surface area contributed by atoms with E-state index in [1.54, 1.807) is 6.20 Å². The van der Waals surface area contributed by atoms with E-state index >= 15 is 0 Å². The first-order chi connectivity index (χ1) is 8.09. The molecule has 0 amide bonds. The van der Waals surface area contributed by atoms with Crippen molar-refractivity contribution in [1.82, 2.24) is 9.55 Å². The van der Waals surface area contributed by atoms with E-state index in [-0.39, 0.29) is 6.61 Å². The highest BCUT2D eigenvalue weighted by Crippen LogP contribution is 2.20. The van der Waals surface area contributed by atoms with Crippen molar-refractivity contribution in [2.24, 2.45) is 7.05 Å². The Bertz CT molecular complexity index is 455. The summed E-state index contributed by atoms with van der Waals surface area (Å²) in [6, 6.07) is 0. The summed E-state index contributed by atoms with van der Waals surface area (Å²) in [5.41, 5.74) is -5.53. The van der Waals surface area contributed by atoms with Crippen LogP contribution in [-0.2, 0) is 23.6 Å². The first kappa shape index (κ1) is 16.9. The lowest BCUT2D eigenvalue weighted by molar-refractivity contribution is -0.0510. The van der Waals surface area contributed by atoms with Gasteiger partial charge in [0.1, 0.15) is 5.82 Å². The predicted octanol–water partition coefficient (Wildman–Crippen LogP) is 0.739. The van der Waals surface area contributed by atoms with Gasteiger partial charge in [-0.2, -0.15) is 21.6 Å². The highest BCUT2D eigenvalue weighted by atomic mass is 32.2. The van der Waals surface area contributed by atoms with E-state index in [0.29, 0.717) is 0 Å². The van der Waals surface area contributed by atoms with E-state index in [1.807, 2.05) is 17.8 Å². The van der Waals surface area contributed by atoms with Crippen LogP contribution in [0.3, 0.4) is 0 Å². The Balaban J connectivity index is 0.000000331. The number of halogens is 3. The Kier molecular flexibility index (Phi) is 6.29. The van der Waals surface area contributed by atoms with Crippen LogP contribution in [0.4, 0.5) is 13.2 Å². The molecular formula is C8H13F3N2O4S. The Morgan fingerprint density at radius 1 is 1.44 bits per heavy atom. The summed E-state index contributed by atoms with van der Waals surface area (Å²) < 4.78 is 59.5. The van der Waals surface area contributed by atoms with E-state index in [0.717, 1.165) is 18.7 Å². The minimum Gasteiger partial charge on any atom is -0.396 e. The second-order valence-electron chi connectivity index (χ2n) is 3.20. The first-order valence-electron chi connectivity index (χ1n) is 4.70. The number of nitrogens with zero attached hydrogens (tertiary/aromatic N) is 2. The van der Waals surface area contributed by atoms with Gasteiger partial charge in [0, 0.05) is 32.5 Å². The molecule has 0 saturated carbocycles. The molecule has 0 aliphatic rings. The van der Waals surface area contributed by atoms with Crippen molar-refractivity contribution in [3.8, 4) is 0 Å². The van der Waals surface area contributed by atoms with E-state index in [4.69, 9.17) is 18.1 Å². The molecule has 0 aliphatic heterocycles. The number of imidazole rings is 1. The highest BCUT2D eigenvalue weighted by Gasteiger charge is 2.44. The summed E-state index contributed by atoms with van der Waals surface area (Å²) in [5, 5.41) is 8.52. The maximum Gasteiger partial charge on any atom is 0.522 e. The van der Waals surface area contributed by atoms with Crippen LogP contribution >= 0.6 is 0 Å². The number of aliphatic hydroxyl groups excluding tert-OH is 1. The van der Waals surface area contributed by atoms with Gasteiger partial charge in [-0.25, -0.2) is 4.98 Å². The van der Waals surface area contributed by atoms with Gasteiger partial charge in [-0.3, -0.25) is 4.55 Å². The van der Waals surface area contributed by atoms with E-state index in [2.05, 4.69) is 4.98 Å². The van der Waals surface area contributed by atoms with Crippen LogP contribution in [-0.4, -0.2) is 39.7 Å². The van der Waals surface area contributed by atoms with Crippen molar-refractivity contribution in [3.63, 3.8) is 0 Å². The van der Waals surface area contributed by atoms with Gasteiger partial charge < -0.3 is 9.67 Å². The van der Waals surface area contributed by atoms with Gasteiger partial charge in [0.25, 0.3) is 0 Å². The fraction of sp³-hybridized carbons (Fsp3) is 0.625. The number of aromatic nitrogens is 2. The summed E-state index contributed by atoms with van der Waals surface area (Å²) >= 11 is 0. The SMILES string of the molecule is Cn1ccnc1CCCO.O=S(=O)(O)C(F)(F)F. The quantitative estimate of drug-likeness (QED) is 0.632. The third kappa shape index (κ3) is 5.98. The van der Waals surface area contributed by atoms with Crippen LogP contribution in [0.1, 0.15) is 12.2 Å². The van der Waals surface area contributed by atoms with Crippen LogP contribution in [0.5, 0.6) is 0 Å². The summed E-state index contributed by atoms with van der Waals surface area (Å²) in [5.74, 6) is 1.04. The zero-order valence-electron chi connectivity index (χ0n) is 9.42. The van der Waals surface area contributed by atoms with Crippen molar-refractivity contribution >= 4 is 10.1 Å². The second kappa shape index (κ2) is 6.71. The molecule has 18 heavy (non-hydrogen) atoms. The van der Waals surface area contributed by atoms with Gasteiger partial charge in [0.15, 0.2) is 0 Å². The minimum absolute atomic E-state index is 0.243. The lowest BCUT2D eigenvalue weighted by Gasteiger charge is -1.97. The fourth-order valence-electron chi connectivity index (χ4n) is 0.875. The fourth-order valence-corrected chi connectivity index (χ4v) is 0.875. The predicted molar refractivity (Wildman–Crippen MR) is 56.2 cm³/mol. The van der Waals surface area contributed by atoms with Crippen LogP contribution in [0, 0.1) is 0 Å². The molecule has 1 aromatic rings. The number of hydrogen-bond donors (Lipinski definition) is 2. The monoisotopic (exact) mass is 290 g/mol. The second-order valence-corrected chi connectivity index (χ2v) is 4.62. The number of aryl methyl sites for hydroxylation is 2. The van der Waals surface area contributed by atoms with Gasteiger partial charge in [-0.05, 0) is 6.42 Å². The lowest BCUT2D eigenvalue weighted by atomic mass is 10.3. The van der Waals surface area contributed by atoms with Gasteiger partial charge >= 0.3 is 15.6 Å². The molecular weight excluding hydrogens is 277 g/mol. The summed E-state index contributed by atoms with van der Waals surface area (Å²) in [7, 11) is -3.88.